The zero-order chi connectivity index (χ0) is 15.2. The highest BCUT2D eigenvalue weighted by molar-refractivity contribution is 5.26. The lowest BCUT2D eigenvalue weighted by molar-refractivity contribution is 0.229. The standard InChI is InChI=1S/C17H29N3O/c1-5-13(2)17-12-20(8-6-7-18-17)11-15-10-16(21-4)9-14(3)19-15/h9-10,13,17-18H,5-8,11-12H2,1-4H3. The van der Waals surface area contributed by atoms with E-state index in [9.17, 15) is 0 Å². The Morgan fingerprint density at radius 3 is 3.00 bits per heavy atom. The van der Waals surface area contributed by atoms with Crippen molar-refractivity contribution in [3.05, 3.63) is 23.5 Å². The highest BCUT2D eigenvalue weighted by Gasteiger charge is 2.22. The Morgan fingerprint density at radius 2 is 2.29 bits per heavy atom. The van der Waals surface area contributed by atoms with Gasteiger partial charge in [-0.15, -0.1) is 0 Å². The summed E-state index contributed by atoms with van der Waals surface area (Å²) in [6.45, 7) is 10.9. The molecule has 0 spiro atoms. The molecular formula is C17H29N3O. The fraction of sp³-hybridized carbons (Fsp3) is 0.706. The summed E-state index contributed by atoms with van der Waals surface area (Å²) in [5, 5.41) is 3.70. The van der Waals surface area contributed by atoms with E-state index in [1.54, 1.807) is 7.11 Å². The van der Waals surface area contributed by atoms with E-state index in [0.717, 1.165) is 43.3 Å². The minimum atomic E-state index is 0.587. The Labute approximate surface area is 128 Å². The number of hydrogen-bond donors (Lipinski definition) is 1. The molecule has 1 aliphatic rings. The van der Waals surface area contributed by atoms with Gasteiger partial charge in [-0.25, -0.2) is 0 Å². The summed E-state index contributed by atoms with van der Waals surface area (Å²) >= 11 is 0. The number of aryl methyl sites for hydroxylation is 1. The molecule has 1 aliphatic heterocycles. The third-order valence-corrected chi connectivity index (χ3v) is 4.44. The van der Waals surface area contributed by atoms with Crippen LogP contribution in [0.2, 0.25) is 0 Å². The van der Waals surface area contributed by atoms with E-state index in [-0.39, 0.29) is 0 Å². The first kappa shape index (κ1) is 16.2. The van der Waals surface area contributed by atoms with Crippen LogP contribution < -0.4 is 10.1 Å². The maximum absolute atomic E-state index is 5.36. The largest absolute Gasteiger partial charge is 0.497 e. The van der Waals surface area contributed by atoms with Crippen molar-refractivity contribution >= 4 is 0 Å². The minimum Gasteiger partial charge on any atom is -0.497 e. The molecule has 0 aromatic carbocycles. The topological polar surface area (TPSA) is 37.4 Å². The van der Waals surface area contributed by atoms with Crippen molar-refractivity contribution in [2.24, 2.45) is 5.92 Å². The molecular weight excluding hydrogens is 262 g/mol. The maximum Gasteiger partial charge on any atom is 0.122 e. The van der Waals surface area contributed by atoms with Crippen molar-refractivity contribution in [2.75, 3.05) is 26.7 Å². The molecule has 2 heterocycles. The van der Waals surface area contributed by atoms with Gasteiger partial charge in [-0.3, -0.25) is 9.88 Å². The molecule has 2 rings (SSSR count). The summed E-state index contributed by atoms with van der Waals surface area (Å²) in [4.78, 5) is 7.18. The zero-order valence-electron chi connectivity index (χ0n) is 13.9. The molecule has 0 aliphatic carbocycles. The van der Waals surface area contributed by atoms with Crippen LogP contribution in [0, 0.1) is 12.8 Å². The zero-order valence-corrected chi connectivity index (χ0v) is 13.9. The van der Waals surface area contributed by atoms with Crippen LogP contribution in [0.15, 0.2) is 12.1 Å². The Kier molecular flexibility index (Phi) is 6.00. The molecule has 2 atom stereocenters. The lowest BCUT2D eigenvalue weighted by Crippen LogP contribution is -2.41. The van der Waals surface area contributed by atoms with E-state index >= 15 is 0 Å². The van der Waals surface area contributed by atoms with Crippen LogP contribution in [-0.2, 0) is 6.54 Å². The van der Waals surface area contributed by atoms with Crippen LogP contribution in [0.25, 0.3) is 0 Å². The third kappa shape index (κ3) is 4.68. The van der Waals surface area contributed by atoms with Crippen LogP contribution in [0.1, 0.15) is 38.1 Å². The van der Waals surface area contributed by atoms with Gasteiger partial charge in [0.15, 0.2) is 0 Å². The number of pyridine rings is 1. The summed E-state index contributed by atoms with van der Waals surface area (Å²) in [5.74, 6) is 1.62. The number of aromatic nitrogens is 1. The van der Waals surface area contributed by atoms with Gasteiger partial charge < -0.3 is 10.1 Å². The first-order valence-corrected chi connectivity index (χ1v) is 8.09. The van der Waals surface area contributed by atoms with Gasteiger partial charge in [0.05, 0.1) is 12.8 Å². The predicted octanol–water partition coefficient (Wildman–Crippen LogP) is 2.61. The van der Waals surface area contributed by atoms with E-state index in [1.165, 1.54) is 12.8 Å². The van der Waals surface area contributed by atoms with Crippen LogP contribution in [0.5, 0.6) is 5.75 Å². The van der Waals surface area contributed by atoms with Crippen LogP contribution in [0.4, 0.5) is 0 Å². The number of nitrogens with one attached hydrogen (secondary N) is 1. The number of ether oxygens (including phenoxy) is 1. The number of rotatable bonds is 5. The molecule has 0 amide bonds. The van der Waals surface area contributed by atoms with Crippen LogP contribution in [0.3, 0.4) is 0 Å². The van der Waals surface area contributed by atoms with Crippen molar-refractivity contribution in [1.29, 1.82) is 0 Å². The van der Waals surface area contributed by atoms with Crippen molar-refractivity contribution in [1.82, 2.24) is 15.2 Å². The molecule has 118 valence electrons. The highest BCUT2D eigenvalue weighted by Crippen LogP contribution is 2.17. The normalized spacial score (nSPS) is 21.8. The van der Waals surface area contributed by atoms with E-state index in [4.69, 9.17) is 4.74 Å². The average Bonchev–Trinajstić information content (AvgIpc) is 2.71. The first-order chi connectivity index (χ1) is 10.1. The van der Waals surface area contributed by atoms with Crippen molar-refractivity contribution in [3.63, 3.8) is 0 Å². The molecule has 1 aromatic heterocycles. The van der Waals surface area contributed by atoms with Gasteiger partial charge in [-0.05, 0) is 32.4 Å². The predicted molar refractivity (Wildman–Crippen MR) is 86.7 cm³/mol. The first-order valence-electron chi connectivity index (χ1n) is 8.09. The Morgan fingerprint density at radius 1 is 1.48 bits per heavy atom. The SMILES string of the molecule is CCC(C)C1CN(Cc2cc(OC)cc(C)n2)CCCN1. The monoisotopic (exact) mass is 291 g/mol. The molecule has 1 N–H and O–H groups in total. The summed E-state index contributed by atoms with van der Waals surface area (Å²) in [5.41, 5.74) is 2.13. The Balaban J connectivity index is 2.05. The van der Waals surface area contributed by atoms with Gasteiger partial charge in [0.2, 0.25) is 0 Å². The van der Waals surface area contributed by atoms with Crippen molar-refractivity contribution in [3.8, 4) is 5.75 Å². The smallest absolute Gasteiger partial charge is 0.122 e. The van der Waals surface area contributed by atoms with E-state index in [1.807, 2.05) is 13.0 Å². The molecule has 2 unspecified atom stereocenters. The van der Waals surface area contributed by atoms with Crippen LogP contribution >= 0.6 is 0 Å². The van der Waals surface area contributed by atoms with Gasteiger partial charge in [-0.2, -0.15) is 0 Å². The van der Waals surface area contributed by atoms with Crippen LogP contribution in [-0.4, -0.2) is 42.7 Å². The number of hydrogen-bond acceptors (Lipinski definition) is 4. The summed E-state index contributed by atoms with van der Waals surface area (Å²) in [6.07, 6.45) is 2.43. The lowest BCUT2D eigenvalue weighted by Gasteiger charge is -2.28. The molecule has 0 radical (unpaired) electrons. The molecule has 4 nitrogen and oxygen atoms in total. The second kappa shape index (κ2) is 7.76. The second-order valence-electron chi connectivity index (χ2n) is 6.17. The molecule has 0 bridgehead atoms. The van der Waals surface area contributed by atoms with Gasteiger partial charge in [-0.1, -0.05) is 20.3 Å². The van der Waals surface area contributed by atoms with Crippen molar-refractivity contribution < 1.29 is 4.74 Å². The molecule has 1 fully saturated rings. The van der Waals surface area contributed by atoms with Gasteiger partial charge in [0.1, 0.15) is 5.75 Å². The second-order valence-corrected chi connectivity index (χ2v) is 6.17. The third-order valence-electron chi connectivity index (χ3n) is 4.44. The summed E-state index contributed by atoms with van der Waals surface area (Å²) < 4.78 is 5.36. The van der Waals surface area contributed by atoms with Gasteiger partial charge >= 0.3 is 0 Å². The molecule has 4 heteroatoms. The highest BCUT2D eigenvalue weighted by atomic mass is 16.5. The average molecular weight is 291 g/mol. The van der Waals surface area contributed by atoms with E-state index < -0.39 is 0 Å². The minimum absolute atomic E-state index is 0.587. The number of nitrogens with zero attached hydrogens (tertiary/aromatic N) is 2. The quantitative estimate of drug-likeness (QED) is 0.905. The van der Waals surface area contributed by atoms with E-state index in [0.29, 0.717) is 12.0 Å². The molecule has 21 heavy (non-hydrogen) atoms. The fourth-order valence-corrected chi connectivity index (χ4v) is 2.96. The van der Waals surface area contributed by atoms with Crippen molar-refractivity contribution in [2.45, 2.75) is 46.2 Å². The Hall–Kier alpha value is -1.13. The summed E-state index contributed by atoms with van der Waals surface area (Å²) in [6, 6.07) is 4.63. The molecule has 1 saturated heterocycles. The fourth-order valence-electron chi connectivity index (χ4n) is 2.96. The maximum atomic E-state index is 5.36. The van der Waals surface area contributed by atoms with Gasteiger partial charge in [0, 0.05) is 37.0 Å². The molecule has 0 saturated carbocycles. The van der Waals surface area contributed by atoms with Gasteiger partial charge in [0.25, 0.3) is 0 Å². The molecule has 1 aromatic rings. The Bertz CT molecular complexity index is 450. The van der Waals surface area contributed by atoms with E-state index in [2.05, 4.69) is 35.1 Å². The number of methoxy groups -OCH3 is 1. The lowest BCUT2D eigenvalue weighted by atomic mass is 9.99. The summed E-state index contributed by atoms with van der Waals surface area (Å²) in [7, 11) is 1.72.